The third-order valence-corrected chi connectivity index (χ3v) is 3.78. The van der Waals surface area contributed by atoms with Gasteiger partial charge in [0.25, 0.3) is 0 Å². The van der Waals surface area contributed by atoms with Crippen LogP contribution in [0, 0.1) is 11.3 Å². The first-order valence-corrected chi connectivity index (χ1v) is 5.33. The number of rotatable bonds is 3. The highest BCUT2D eigenvalue weighted by atomic mass is 16.4. The van der Waals surface area contributed by atoms with E-state index in [2.05, 4.69) is 4.90 Å². The van der Waals surface area contributed by atoms with Crippen LogP contribution in [0.4, 0.5) is 0 Å². The number of hydrogen-bond acceptors (Lipinski definition) is 3. The van der Waals surface area contributed by atoms with Crippen molar-refractivity contribution in [2.45, 2.75) is 19.3 Å². The van der Waals surface area contributed by atoms with Crippen LogP contribution < -0.4 is 5.73 Å². The lowest BCUT2D eigenvalue weighted by atomic mass is 9.91. The molecule has 0 aromatic rings. The molecule has 1 heterocycles. The Labute approximate surface area is 84.1 Å². The van der Waals surface area contributed by atoms with Gasteiger partial charge >= 0.3 is 5.97 Å². The molecule has 1 unspecified atom stereocenters. The number of carbonyl (C=O) groups is 1. The first-order chi connectivity index (χ1) is 6.68. The molecule has 1 spiro atoms. The maximum absolute atomic E-state index is 10.8. The van der Waals surface area contributed by atoms with Crippen LogP contribution >= 0.6 is 0 Å². The van der Waals surface area contributed by atoms with Gasteiger partial charge in [0.2, 0.25) is 0 Å². The van der Waals surface area contributed by atoms with Crippen LogP contribution in [-0.2, 0) is 4.79 Å². The van der Waals surface area contributed by atoms with Gasteiger partial charge in [-0.1, -0.05) is 0 Å². The molecule has 2 aliphatic rings. The molecule has 1 aliphatic heterocycles. The van der Waals surface area contributed by atoms with E-state index in [0.717, 1.165) is 38.9 Å². The van der Waals surface area contributed by atoms with Crippen molar-refractivity contribution in [1.82, 2.24) is 4.90 Å². The third-order valence-electron chi connectivity index (χ3n) is 3.78. The van der Waals surface area contributed by atoms with Crippen molar-refractivity contribution in [2.75, 3.05) is 26.2 Å². The second-order valence-electron chi connectivity index (χ2n) is 4.59. The predicted octanol–water partition coefficient (Wildman–Crippen LogP) is 0.132. The number of hydrogen-bond donors (Lipinski definition) is 2. The van der Waals surface area contributed by atoms with E-state index in [-0.39, 0.29) is 11.3 Å². The van der Waals surface area contributed by atoms with Crippen molar-refractivity contribution in [2.24, 2.45) is 17.1 Å². The van der Waals surface area contributed by atoms with E-state index in [1.807, 2.05) is 0 Å². The lowest BCUT2D eigenvalue weighted by Crippen LogP contribution is -2.38. The van der Waals surface area contributed by atoms with Gasteiger partial charge in [-0.25, -0.2) is 0 Å². The molecule has 2 fully saturated rings. The molecule has 0 aromatic heterocycles. The number of nitrogens with zero attached hydrogens (tertiary/aromatic N) is 1. The van der Waals surface area contributed by atoms with Crippen molar-refractivity contribution >= 4 is 5.97 Å². The molecule has 14 heavy (non-hydrogen) atoms. The highest BCUT2D eigenvalue weighted by molar-refractivity contribution is 5.74. The SMILES string of the molecule is NCCN1CCC2(CC1)CC2C(=O)O. The Balaban J connectivity index is 1.83. The first-order valence-electron chi connectivity index (χ1n) is 5.33. The summed E-state index contributed by atoms with van der Waals surface area (Å²) < 4.78 is 0. The topological polar surface area (TPSA) is 66.6 Å². The molecular weight excluding hydrogens is 180 g/mol. The van der Waals surface area contributed by atoms with E-state index in [9.17, 15) is 4.79 Å². The molecule has 4 heteroatoms. The van der Waals surface area contributed by atoms with Crippen molar-refractivity contribution in [3.05, 3.63) is 0 Å². The number of aliphatic carboxylic acids is 1. The van der Waals surface area contributed by atoms with Crippen molar-refractivity contribution < 1.29 is 9.90 Å². The molecule has 0 bridgehead atoms. The van der Waals surface area contributed by atoms with Gasteiger partial charge in [-0.05, 0) is 37.8 Å². The lowest BCUT2D eigenvalue weighted by molar-refractivity contribution is -0.139. The van der Waals surface area contributed by atoms with Gasteiger partial charge in [0.15, 0.2) is 0 Å². The number of carboxylic acids is 1. The van der Waals surface area contributed by atoms with Crippen LogP contribution in [0.3, 0.4) is 0 Å². The fourth-order valence-corrected chi connectivity index (χ4v) is 2.65. The van der Waals surface area contributed by atoms with Gasteiger partial charge in [0.05, 0.1) is 5.92 Å². The van der Waals surface area contributed by atoms with Gasteiger partial charge in [-0.15, -0.1) is 0 Å². The highest BCUT2D eigenvalue weighted by Gasteiger charge is 2.58. The fourth-order valence-electron chi connectivity index (χ4n) is 2.65. The van der Waals surface area contributed by atoms with Gasteiger partial charge in [0.1, 0.15) is 0 Å². The Morgan fingerprint density at radius 3 is 2.57 bits per heavy atom. The van der Waals surface area contributed by atoms with Gasteiger partial charge in [0, 0.05) is 13.1 Å². The number of carboxylic acid groups (broad SMARTS) is 1. The Hall–Kier alpha value is -0.610. The fraction of sp³-hybridized carbons (Fsp3) is 0.900. The molecule has 1 saturated heterocycles. The summed E-state index contributed by atoms with van der Waals surface area (Å²) in [5, 5.41) is 8.91. The standard InChI is InChI=1S/C10H18N2O2/c11-3-6-12-4-1-10(2-5-12)7-8(10)9(13)14/h8H,1-7,11H2,(H,13,14). The minimum Gasteiger partial charge on any atom is -0.481 e. The van der Waals surface area contributed by atoms with Crippen LogP contribution in [-0.4, -0.2) is 42.2 Å². The Kier molecular flexibility index (Phi) is 2.49. The average molecular weight is 198 g/mol. The van der Waals surface area contributed by atoms with E-state index >= 15 is 0 Å². The van der Waals surface area contributed by atoms with Gasteiger partial charge in [-0.2, -0.15) is 0 Å². The van der Waals surface area contributed by atoms with Gasteiger partial charge < -0.3 is 15.7 Å². The zero-order valence-electron chi connectivity index (χ0n) is 8.41. The molecule has 1 aliphatic carbocycles. The quantitative estimate of drug-likeness (QED) is 0.676. The summed E-state index contributed by atoms with van der Waals surface area (Å²) in [5.74, 6) is -0.653. The summed E-state index contributed by atoms with van der Waals surface area (Å²) >= 11 is 0. The Bertz CT molecular complexity index is 234. The molecule has 0 amide bonds. The molecule has 3 N–H and O–H groups in total. The van der Waals surface area contributed by atoms with Crippen molar-refractivity contribution in [1.29, 1.82) is 0 Å². The molecule has 2 rings (SSSR count). The number of piperidine rings is 1. The first kappa shape index (κ1) is 9.93. The van der Waals surface area contributed by atoms with E-state index in [0.29, 0.717) is 6.54 Å². The lowest BCUT2D eigenvalue weighted by Gasteiger charge is -2.32. The molecule has 1 saturated carbocycles. The smallest absolute Gasteiger partial charge is 0.307 e. The summed E-state index contributed by atoms with van der Waals surface area (Å²) in [4.78, 5) is 13.1. The maximum atomic E-state index is 10.8. The van der Waals surface area contributed by atoms with Crippen LogP contribution in [0.1, 0.15) is 19.3 Å². The van der Waals surface area contributed by atoms with E-state index < -0.39 is 5.97 Å². The second kappa shape index (κ2) is 3.51. The minimum absolute atomic E-state index is 0.0532. The normalized spacial score (nSPS) is 30.5. The van der Waals surface area contributed by atoms with Gasteiger partial charge in [-0.3, -0.25) is 4.79 Å². The van der Waals surface area contributed by atoms with E-state index in [4.69, 9.17) is 10.8 Å². The zero-order valence-corrected chi connectivity index (χ0v) is 8.41. The average Bonchev–Trinajstić information content (AvgIpc) is 2.85. The van der Waals surface area contributed by atoms with E-state index in [1.54, 1.807) is 0 Å². The molecular formula is C10H18N2O2. The largest absolute Gasteiger partial charge is 0.481 e. The second-order valence-corrected chi connectivity index (χ2v) is 4.59. The summed E-state index contributed by atoms with van der Waals surface area (Å²) in [6, 6.07) is 0. The summed E-state index contributed by atoms with van der Waals surface area (Å²) in [7, 11) is 0. The van der Waals surface area contributed by atoms with Crippen molar-refractivity contribution in [3.63, 3.8) is 0 Å². The van der Waals surface area contributed by atoms with Crippen molar-refractivity contribution in [3.8, 4) is 0 Å². The van der Waals surface area contributed by atoms with E-state index in [1.165, 1.54) is 0 Å². The van der Waals surface area contributed by atoms with Crippen LogP contribution in [0.2, 0.25) is 0 Å². The molecule has 1 atom stereocenters. The minimum atomic E-state index is -0.600. The molecule has 0 aromatic carbocycles. The predicted molar refractivity (Wildman–Crippen MR) is 52.9 cm³/mol. The third kappa shape index (κ3) is 1.64. The summed E-state index contributed by atoms with van der Waals surface area (Å²) in [5.41, 5.74) is 5.65. The maximum Gasteiger partial charge on any atom is 0.307 e. The van der Waals surface area contributed by atoms with Crippen LogP contribution in [0.25, 0.3) is 0 Å². The highest BCUT2D eigenvalue weighted by Crippen LogP contribution is 2.59. The number of likely N-dealkylation sites (tertiary alicyclic amines) is 1. The molecule has 0 radical (unpaired) electrons. The molecule has 4 nitrogen and oxygen atoms in total. The summed E-state index contributed by atoms with van der Waals surface area (Å²) in [6.07, 6.45) is 2.99. The Morgan fingerprint density at radius 2 is 2.14 bits per heavy atom. The van der Waals surface area contributed by atoms with Crippen LogP contribution in [0.15, 0.2) is 0 Å². The number of nitrogens with two attached hydrogens (primary N) is 1. The molecule has 80 valence electrons. The monoisotopic (exact) mass is 198 g/mol. The summed E-state index contributed by atoms with van der Waals surface area (Å²) in [6.45, 7) is 3.71. The van der Waals surface area contributed by atoms with Crippen LogP contribution in [0.5, 0.6) is 0 Å². The zero-order chi connectivity index (χ0) is 10.2. The Morgan fingerprint density at radius 1 is 1.50 bits per heavy atom.